The molecule has 1 N–H and O–H groups in total. The summed E-state index contributed by atoms with van der Waals surface area (Å²) in [6.07, 6.45) is 4.03. The molecular formula is C10H7BrClN3O2S. The summed E-state index contributed by atoms with van der Waals surface area (Å²) in [5.74, 6) is 0. The maximum absolute atomic E-state index is 12.1. The maximum Gasteiger partial charge on any atom is 0.263 e. The van der Waals surface area contributed by atoms with Crippen molar-refractivity contribution in [2.24, 2.45) is 0 Å². The van der Waals surface area contributed by atoms with Crippen molar-refractivity contribution in [2.45, 2.75) is 4.90 Å². The maximum atomic E-state index is 12.1. The lowest BCUT2D eigenvalue weighted by molar-refractivity contribution is 0.601. The van der Waals surface area contributed by atoms with E-state index in [4.69, 9.17) is 11.6 Å². The van der Waals surface area contributed by atoms with Gasteiger partial charge in [0.15, 0.2) is 0 Å². The normalized spacial score (nSPS) is 11.2. The molecule has 0 aliphatic heterocycles. The first-order valence-electron chi connectivity index (χ1n) is 4.72. The van der Waals surface area contributed by atoms with Gasteiger partial charge in [0.25, 0.3) is 10.0 Å². The molecule has 2 aromatic rings. The molecule has 0 aliphatic carbocycles. The summed E-state index contributed by atoms with van der Waals surface area (Å²) in [5.41, 5.74) is 0.275. The van der Waals surface area contributed by atoms with Crippen LogP contribution in [-0.2, 0) is 10.0 Å². The third-order valence-corrected chi connectivity index (χ3v) is 4.35. The van der Waals surface area contributed by atoms with Crippen molar-refractivity contribution in [1.29, 1.82) is 0 Å². The van der Waals surface area contributed by atoms with Crippen molar-refractivity contribution >= 4 is 43.2 Å². The number of hydrogen-bond acceptors (Lipinski definition) is 4. The van der Waals surface area contributed by atoms with Crippen molar-refractivity contribution in [1.82, 2.24) is 9.97 Å². The Bertz CT molecular complexity index is 664. The number of halogens is 2. The number of aromatic nitrogens is 2. The highest BCUT2D eigenvalue weighted by Crippen LogP contribution is 2.26. The quantitative estimate of drug-likeness (QED) is 0.925. The van der Waals surface area contributed by atoms with Crippen molar-refractivity contribution < 1.29 is 8.42 Å². The Hall–Kier alpha value is -1.18. The molecule has 1 aromatic carbocycles. The highest BCUT2D eigenvalue weighted by atomic mass is 79.9. The summed E-state index contributed by atoms with van der Waals surface area (Å²) < 4.78 is 27.2. The van der Waals surface area contributed by atoms with Gasteiger partial charge in [-0.05, 0) is 18.2 Å². The van der Waals surface area contributed by atoms with Gasteiger partial charge in [-0.3, -0.25) is 4.72 Å². The van der Waals surface area contributed by atoms with Gasteiger partial charge in [-0.2, -0.15) is 0 Å². The highest BCUT2D eigenvalue weighted by Gasteiger charge is 2.18. The van der Waals surface area contributed by atoms with E-state index >= 15 is 0 Å². The first kappa shape index (κ1) is 13.3. The fraction of sp³-hybridized carbons (Fsp3) is 0. The molecule has 8 heteroatoms. The monoisotopic (exact) mass is 347 g/mol. The second-order valence-corrected chi connectivity index (χ2v) is 6.28. The Morgan fingerprint density at radius 3 is 2.50 bits per heavy atom. The summed E-state index contributed by atoms with van der Waals surface area (Å²) in [5, 5.41) is 0.133. The van der Waals surface area contributed by atoms with Crippen LogP contribution in [0.15, 0.2) is 46.3 Å². The van der Waals surface area contributed by atoms with Gasteiger partial charge < -0.3 is 0 Å². The topological polar surface area (TPSA) is 72.0 Å². The Morgan fingerprint density at radius 1 is 1.22 bits per heavy atom. The van der Waals surface area contributed by atoms with Gasteiger partial charge in [0.05, 0.1) is 23.1 Å². The number of benzene rings is 1. The molecule has 0 radical (unpaired) electrons. The van der Waals surface area contributed by atoms with Gasteiger partial charge in [0.1, 0.15) is 11.2 Å². The molecule has 0 aliphatic rings. The fourth-order valence-electron chi connectivity index (χ4n) is 1.26. The van der Waals surface area contributed by atoms with Crippen LogP contribution in [0.4, 0.5) is 5.69 Å². The zero-order valence-electron chi connectivity index (χ0n) is 8.84. The number of anilines is 1. The second kappa shape index (κ2) is 5.21. The van der Waals surface area contributed by atoms with Crippen LogP contribution in [0.1, 0.15) is 0 Å². The van der Waals surface area contributed by atoms with E-state index in [-0.39, 0.29) is 15.6 Å². The largest absolute Gasteiger partial charge is 0.276 e. The molecule has 0 amide bonds. The summed E-state index contributed by atoms with van der Waals surface area (Å²) in [7, 11) is -3.74. The fourth-order valence-corrected chi connectivity index (χ4v) is 3.32. The molecular weight excluding hydrogens is 342 g/mol. The lowest BCUT2D eigenvalue weighted by atomic mass is 10.4. The van der Waals surface area contributed by atoms with E-state index in [1.54, 1.807) is 6.07 Å². The van der Waals surface area contributed by atoms with Crippen LogP contribution in [0, 0.1) is 0 Å². The van der Waals surface area contributed by atoms with E-state index in [0.717, 1.165) is 0 Å². The van der Waals surface area contributed by atoms with Crippen LogP contribution in [-0.4, -0.2) is 18.4 Å². The van der Waals surface area contributed by atoms with Gasteiger partial charge in [-0.1, -0.05) is 27.5 Å². The SMILES string of the molecule is O=S(=O)(Nc1cncnc1)c1ccc(Br)cc1Cl. The van der Waals surface area contributed by atoms with Gasteiger partial charge in [-0.15, -0.1) is 0 Å². The Kier molecular flexibility index (Phi) is 3.84. The smallest absolute Gasteiger partial charge is 0.263 e. The Labute approximate surface area is 117 Å². The molecule has 0 bridgehead atoms. The molecule has 0 saturated heterocycles. The van der Waals surface area contributed by atoms with Crippen LogP contribution in [0.5, 0.6) is 0 Å². The number of sulfonamides is 1. The molecule has 1 heterocycles. The van der Waals surface area contributed by atoms with E-state index in [2.05, 4.69) is 30.6 Å². The van der Waals surface area contributed by atoms with Gasteiger partial charge >= 0.3 is 0 Å². The van der Waals surface area contributed by atoms with E-state index in [9.17, 15) is 8.42 Å². The highest BCUT2D eigenvalue weighted by molar-refractivity contribution is 9.10. The van der Waals surface area contributed by atoms with E-state index in [0.29, 0.717) is 4.47 Å². The Morgan fingerprint density at radius 2 is 1.89 bits per heavy atom. The summed E-state index contributed by atoms with van der Waals surface area (Å²) in [6.45, 7) is 0. The minimum absolute atomic E-state index is 0.00350. The standard InChI is InChI=1S/C10H7BrClN3O2S/c11-7-1-2-10(9(12)3-7)18(16,17)15-8-4-13-6-14-5-8/h1-6,15H. The number of rotatable bonds is 3. The van der Waals surface area contributed by atoms with Crippen molar-refractivity contribution in [3.05, 3.63) is 46.4 Å². The van der Waals surface area contributed by atoms with E-state index in [1.165, 1.54) is 30.9 Å². The molecule has 0 unspecified atom stereocenters. The Balaban J connectivity index is 2.37. The predicted octanol–water partition coefficient (Wildman–Crippen LogP) is 2.69. The molecule has 94 valence electrons. The third-order valence-electron chi connectivity index (χ3n) is 2.00. The molecule has 0 fully saturated rings. The molecule has 2 rings (SSSR count). The van der Waals surface area contributed by atoms with Crippen molar-refractivity contribution in [3.63, 3.8) is 0 Å². The minimum atomic E-state index is -3.74. The lowest BCUT2D eigenvalue weighted by Gasteiger charge is -2.08. The number of nitrogens with zero attached hydrogens (tertiary/aromatic N) is 2. The van der Waals surface area contributed by atoms with Crippen LogP contribution >= 0.6 is 27.5 Å². The summed E-state index contributed by atoms with van der Waals surface area (Å²) in [4.78, 5) is 7.44. The minimum Gasteiger partial charge on any atom is -0.276 e. The van der Waals surface area contributed by atoms with Crippen LogP contribution in [0.2, 0.25) is 5.02 Å². The molecule has 18 heavy (non-hydrogen) atoms. The first-order chi connectivity index (χ1) is 8.49. The summed E-state index contributed by atoms with van der Waals surface area (Å²) >= 11 is 9.11. The molecule has 5 nitrogen and oxygen atoms in total. The average molecular weight is 349 g/mol. The zero-order valence-corrected chi connectivity index (χ0v) is 12.0. The number of hydrogen-bond donors (Lipinski definition) is 1. The van der Waals surface area contributed by atoms with Crippen molar-refractivity contribution in [2.75, 3.05) is 4.72 Å². The van der Waals surface area contributed by atoms with E-state index in [1.807, 2.05) is 0 Å². The van der Waals surface area contributed by atoms with Gasteiger partial charge in [-0.25, -0.2) is 18.4 Å². The van der Waals surface area contributed by atoms with E-state index < -0.39 is 10.0 Å². The first-order valence-corrected chi connectivity index (χ1v) is 7.37. The summed E-state index contributed by atoms with van der Waals surface area (Å²) in [6, 6.07) is 4.53. The third kappa shape index (κ3) is 2.98. The molecule has 0 atom stereocenters. The predicted molar refractivity (Wildman–Crippen MR) is 72.0 cm³/mol. The van der Waals surface area contributed by atoms with Crippen LogP contribution in [0.25, 0.3) is 0 Å². The van der Waals surface area contributed by atoms with Crippen molar-refractivity contribution in [3.8, 4) is 0 Å². The number of nitrogens with one attached hydrogen (secondary N) is 1. The lowest BCUT2D eigenvalue weighted by Crippen LogP contribution is -2.13. The average Bonchev–Trinajstić information content (AvgIpc) is 2.29. The van der Waals surface area contributed by atoms with Crippen LogP contribution < -0.4 is 4.72 Å². The van der Waals surface area contributed by atoms with Crippen LogP contribution in [0.3, 0.4) is 0 Å². The second-order valence-electron chi connectivity index (χ2n) is 3.31. The molecule has 1 aromatic heterocycles. The van der Waals surface area contributed by atoms with Gasteiger partial charge in [0, 0.05) is 4.47 Å². The molecule has 0 spiro atoms. The molecule has 0 saturated carbocycles. The van der Waals surface area contributed by atoms with Gasteiger partial charge in [0.2, 0.25) is 0 Å². The zero-order chi connectivity index (χ0) is 13.2.